The van der Waals surface area contributed by atoms with Crippen LogP contribution in [0.4, 0.5) is 17.1 Å². The van der Waals surface area contributed by atoms with Crippen LogP contribution in [0.2, 0.25) is 0 Å². The zero-order valence-corrected chi connectivity index (χ0v) is 15.3. The van der Waals surface area contributed by atoms with E-state index in [4.69, 9.17) is 0 Å². The fourth-order valence-corrected chi connectivity index (χ4v) is 3.59. The van der Waals surface area contributed by atoms with E-state index in [0.29, 0.717) is 23.4 Å². The molecule has 0 bridgehead atoms. The van der Waals surface area contributed by atoms with E-state index in [0.717, 1.165) is 25.3 Å². The standard InChI is InChI=1S/C20H21N3O2.ClH/c24-19(11-14-22-12-5-6-13-22)23-17-9-3-1-7-15(17)20(25)21-16-8-2-4-10-18(16)23;/h1-4,7-10H,5-6,11-14H2,(H,21,25);1H. The van der Waals surface area contributed by atoms with Gasteiger partial charge < -0.3 is 10.2 Å². The number of para-hydroxylation sites is 3. The number of carbonyl (C=O) groups is 2. The van der Waals surface area contributed by atoms with E-state index in [9.17, 15) is 9.59 Å². The van der Waals surface area contributed by atoms with Gasteiger partial charge in [-0.1, -0.05) is 24.3 Å². The Morgan fingerprint density at radius 3 is 2.38 bits per heavy atom. The number of rotatable bonds is 3. The number of hydrogen-bond acceptors (Lipinski definition) is 3. The molecule has 0 saturated carbocycles. The lowest BCUT2D eigenvalue weighted by Crippen LogP contribution is -2.31. The van der Waals surface area contributed by atoms with Crippen molar-refractivity contribution < 1.29 is 9.59 Å². The first-order valence-corrected chi connectivity index (χ1v) is 8.79. The minimum absolute atomic E-state index is 0. The zero-order valence-electron chi connectivity index (χ0n) is 14.5. The van der Waals surface area contributed by atoms with E-state index in [1.807, 2.05) is 42.5 Å². The first-order chi connectivity index (χ1) is 12.2. The number of anilines is 3. The molecule has 2 aromatic carbocycles. The smallest absolute Gasteiger partial charge is 0.257 e. The molecule has 2 heterocycles. The second kappa shape index (κ2) is 7.89. The van der Waals surface area contributed by atoms with Gasteiger partial charge in [0.05, 0.1) is 22.6 Å². The Bertz CT molecular complexity index is 818. The third-order valence-electron chi connectivity index (χ3n) is 4.87. The number of halogens is 1. The van der Waals surface area contributed by atoms with E-state index in [-0.39, 0.29) is 24.2 Å². The Morgan fingerprint density at radius 1 is 0.962 bits per heavy atom. The van der Waals surface area contributed by atoms with E-state index < -0.39 is 0 Å². The number of benzene rings is 2. The molecule has 1 saturated heterocycles. The minimum Gasteiger partial charge on any atom is -0.320 e. The van der Waals surface area contributed by atoms with Crippen molar-refractivity contribution in [1.29, 1.82) is 0 Å². The van der Waals surface area contributed by atoms with Gasteiger partial charge >= 0.3 is 0 Å². The van der Waals surface area contributed by atoms with Crippen molar-refractivity contribution in [2.75, 3.05) is 29.9 Å². The van der Waals surface area contributed by atoms with E-state index >= 15 is 0 Å². The van der Waals surface area contributed by atoms with Crippen LogP contribution in [0.3, 0.4) is 0 Å². The third kappa shape index (κ3) is 3.45. The molecule has 2 aromatic rings. The molecule has 136 valence electrons. The highest BCUT2D eigenvalue weighted by Gasteiger charge is 2.29. The van der Waals surface area contributed by atoms with Gasteiger partial charge in [0, 0.05) is 13.0 Å². The van der Waals surface area contributed by atoms with Crippen molar-refractivity contribution in [3.8, 4) is 0 Å². The van der Waals surface area contributed by atoms with Crippen LogP contribution in [0.5, 0.6) is 0 Å². The topological polar surface area (TPSA) is 52.7 Å². The van der Waals surface area contributed by atoms with Gasteiger partial charge in [0.15, 0.2) is 0 Å². The SMILES string of the molecule is Cl.O=C1Nc2ccccc2N(C(=O)CCN2CCCC2)c2ccccc21. The van der Waals surface area contributed by atoms with Crippen LogP contribution >= 0.6 is 12.4 Å². The highest BCUT2D eigenvalue weighted by molar-refractivity contribution is 6.17. The molecule has 0 radical (unpaired) electrons. The number of nitrogens with one attached hydrogen (secondary N) is 1. The number of carbonyl (C=O) groups excluding carboxylic acids is 2. The van der Waals surface area contributed by atoms with Crippen molar-refractivity contribution in [3.05, 3.63) is 54.1 Å². The maximum Gasteiger partial charge on any atom is 0.257 e. The predicted molar refractivity (Wildman–Crippen MR) is 106 cm³/mol. The molecule has 2 amide bonds. The highest BCUT2D eigenvalue weighted by atomic mass is 35.5. The van der Waals surface area contributed by atoms with Gasteiger partial charge in [-0.2, -0.15) is 0 Å². The van der Waals surface area contributed by atoms with Crippen molar-refractivity contribution in [2.24, 2.45) is 0 Å². The summed E-state index contributed by atoms with van der Waals surface area (Å²) in [5.74, 6) is -0.166. The second-order valence-electron chi connectivity index (χ2n) is 6.52. The van der Waals surface area contributed by atoms with Crippen molar-refractivity contribution in [2.45, 2.75) is 19.3 Å². The maximum atomic E-state index is 13.1. The summed E-state index contributed by atoms with van der Waals surface area (Å²) in [7, 11) is 0. The molecule has 2 aliphatic heterocycles. The van der Waals surface area contributed by atoms with Crippen molar-refractivity contribution in [3.63, 3.8) is 0 Å². The molecule has 4 rings (SSSR count). The molecule has 1 N–H and O–H groups in total. The van der Waals surface area contributed by atoms with Gasteiger partial charge in [0.2, 0.25) is 5.91 Å². The molecule has 6 heteroatoms. The van der Waals surface area contributed by atoms with Crippen LogP contribution in [0.1, 0.15) is 29.6 Å². The normalized spacial score (nSPS) is 16.2. The Morgan fingerprint density at radius 2 is 1.62 bits per heavy atom. The van der Waals surface area contributed by atoms with E-state index in [1.54, 1.807) is 11.0 Å². The Kier molecular flexibility index (Phi) is 5.59. The zero-order chi connectivity index (χ0) is 17.2. The molecule has 0 aliphatic carbocycles. The number of amides is 2. The molecule has 0 aromatic heterocycles. The first kappa shape index (κ1) is 18.4. The summed E-state index contributed by atoms with van der Waals surface area (Å²) in [4.78, 5) is 29.7. The number of nitrogens with zero attached hydrogens (tertiary/aromatic N) is 2. The van der Waals surface area contributed by atoms with Crippen LogP contribution in [0.15, 0.2) is 48.5 Å². The second-order valence-corrected chi connectivity index (χ2v) is 6.52. The summed E-state index contributed by atoms with van der Waals surface area (Å²) in [6.45, 7) is 2.90. The fraction of sp³-hybridized carbons (Fsp3) is 0.300. The summed E-state index contributed by atoms with van der Waals surface area (Å²) in [5.41, 5.74) is 2.56. The lowest BCUT2D eigenvalue weighted by atomic mass is 10.1. The highest BCUT2D eigenvalue weighted by Crippen LogP contribution is 2.38. The predicted octanol–water partition coefficient (Wildman–Crippen LogP) is 3.82. The number of hydrogen-bond donors (Lipinski definition) is 1. The van der Waals surface area contributed by atoms with Gasteiger partial charge in [0.1, 0.15) is 0 Å². The molecule has 2 aliphatic rings. The molecule has 5 nitrogen and oxygen atoms in total. The monoisotopic (exact) mass is 371 g/mol. The molecule has 1 fully saturated rings. The minimum atomic E-state index is -0.183. The molecule has 0 spiro atoms. The molecular formula is C20H22ClN3O2. The summed E-state index contributed by atoms with van der Waals surface area (Å²) in [6.07, 6.45) is 2.86. The van der Waals surface area contributed by atoms with Crippen LogP contribution in [-0.4, -0.2) is 36.3 Å². The third-order valence-corrected chi connectivity index (χ3v) is 4.87. The molecular weight excluding hydrogens is 350 g/mol. The van der Waals surface area contributed by atoms with Gasteiger partial charge in [-0.25, -0.2) is 0 Å². The Hall–Kier alpha value is -2.37. The van der Waals surface area contributed by atoms with Crippen LogP contribution < -0.4 is 10.2 Å². The van der Waals surface area contributed by atoms with Crippen molar-refractivity contribution >= 4 is 41.3 Å². The van der Waals surface area contributed by atoms with Crippen LogP contribution in [-0.2, 0) is 4.79 Å². The summed E-state index contributed by atoms with van der Waals surface area (Å²) < 4.78 is 0. The van der Waals surface area contributed by atoms with Gasteiger partial charge in [0.25, 0.3) is 5.91 Å². The molecule has 0 atom stereocenters. The van der Waals surface area contributed by atoms with Crippen molar-refractivity contribution in [1.82, 2.24) is 4.90 Å². The summed E-state index contributed by atoms with van der Waals surface area (Å²) >= 11 is 0. The maximum absolute atomic E-state index is 13.1. The van der Waals surface area contributed by atoms with E-state index in [1.165, 1.54) is 12.8 Å². The average Bonchev–Trinajstić information content (AvgIpc) is 3.11. The molecule has 0 unspecified atom stereocenters. The van der Waals surface area contributed by atoms with Gasteiger partial charge in [-0.3, -0.25) is 14.5 Å². The van der Waals surface area contributed by atoms with Crippen LogP contribution in [0.25, 0.3) is 0 Å². The van der Waals surface area contributed by atoms with Gasteiger partial charge in [-0.15, -0.1) is 12.4 Å². The fourth-order valence-electron chi connectivity index (χ4n) is 3.59. The Labute approximate surface area is 159 Å². The molecule has 26 heavy (non-hydrogen) atoms. The van der Waals surface area contributed by atoms with E-state index in [2.05, 4.69) is 10.2 Å². The first-order valence-electron chi connectivity index (χ1n) is 8.79. The quantitative estimate of drug-likeness (QED) is 0.892. The lowest BCUT2D eigenvalue weighted by Gasteiger charge is -2.25. The number of likely N-dealkylation sites (tertiary alicyclic amines) is 1. The lowest BCUT2D eigenvalue weighted by molar-refractivity contribution is -0.118. The van der Waals surface area contributed by atoms with Gasteiger partial charge in [-0.05, 0) is 50.2 Å². The Balaban J connectivity index is 0.00000196. The summed E-state index contributed by atoms with van der Waals surface area (Å²) in [5, 5.41) is 2.92. The largest absolute Gasteiger partial charge is 0.320 e. The average molecular weight is 372 g/mol. The number of fused-ring (bicyclic) bond motifs is 2. The van der Waals surface area contributed by atoms with Crippen LogP contribution in [0, 0.1) is 0 Å². The summed E-state index contributed by atoms with van der Waals surface area (Å²) in [6, 6.07) is 14.7.